The van der Waals surface area contributed by atoms with Gasteiger partial charge in [-0.1, -0.05) is 18.2 Å². The molecule has 4 heteroatoms. The number of anilines is 1. The summed E-state index contributed by atoms with van der Waals surface area (Å²) in [6.45, 7) is 2.83. The summed E-state index contributed by atoms with van der Waals surface area (Å²) in [6.07, 6.45) is 2.63. The number of furan rings is 1. The molecule has 1 atom stereocenters. The molecule has 1 aliphatic rings. The van der Waals surface area contributed by atoms with Gasteiger partial charge < -0.3 is 14.2 Å². The first-order chi connectivity index (χ1) is 10.1. The fraction of sp³-hybridized carbons (Fsp3) is 0.353. The van der Waals surface area contributed by atoms with Gasteiger partial charge >= 0.3 is 0 Å². The van der Waals surface area contributed by atoms with E-state index in [1.807, 2.05) is 0 Å². The van der Waals surface area contributed by atoms with Crippen molar-refractivity contribution < 1.29 is 9.21 Å². The maximum atomic E-state index is 12.2. The number of carbonyl (C=O) groups is 1. The summed E-state index contributed by atoms with van der Waals surface area (Å²) in [4.78, 5) is 16.1. The summed E-state index contributed by atoms with van der Waals surface area (Å²) in [7, 11) is 3.51. The first-order valence-electron chi connectivity index (χ1n) is 7.20. The Labute approximate surface area is 125 Å². The third-order valence-corrected chi connectivity index (χ3v) is 4.04. The van der Waals surface area contributed by atoms with Gasteiger partial charge in [0.05, 0.1) is 18.4 Å². The Morgan fingerprint density at radius 3 is 2.86 bits per heavy atom. The summed E-state index contributed by atoms with van der Waals surface area (Å²) in [5.74, 6) is 0.719. The second kappa shape index (κ2) is 5.28. The lowest BCUT2D eigenvalue weighted by atomic mass is 10.1. The molecule has 110 valence electrons. The molecule has 1 unspecified atom stereocenters. The van der Waals surface area contributed by atoms with Gasteiger partial charge in [-0.15, -0.1) is 0 Å². The van der Waals surface area contributed by atoms with E-state index < -0.39 is 0 Å². The lowest BCUT2D eigenvalue weighted by molar-refractivity contribution is 0.0825. The number of rotatable bonds is 3. The van der Waals surface area contributed by atoms with Crippen LogP contribution in [0.1, 0.15) is 28.6 Å². The summed E-state index contributed by atoms with van der Waals surface area (Å²) in [5, 5.41) is 0. The molecule has 0 saturated carbocycles. The number of para-hydroxylation sites is 1. The van der Waals surface area contributed by atoms with Gasteiger partial charge in [-0.2, -0.15) is 0 Å². The van der Waals surface area contributed by atoms with Gasteiger partial charge in [-0.25, -0.2) is 0 Å². The standard InChI is InChI=1S/C17H20N2O2/c1-12-10-13-6-4-5-7-15(13)19(12)11-16-14(8-9-21-16)17(20)18(2)3/h4-9,12H,10-11H2,1-3H3. The molecule has 1 amide bonds. The highest BCUT2D eigenvalue weighted by Gasteiger charge is 2.28. The highest BCUT2D eigenvalue weighted by atomic mass is 16.3. The van der Waals surface area contributed by atoms with Gasteiger partial charge in [-0.3, -0.25) is 4.79 Å². The molecule has 0 spiro atoms. The first-order valence-corrected chi connectivity index (χ1v) is 7.20. The minimum Gasteiger partial charge on any atom is -0.467 e. The van der Waals surface area contributed by atoms with Crippen molar-refractivity contribution in [2.45, 2.75) is 25.9 Å². The number of hydrogen-bond donors (Lipinski definition) is 0. The number of carbonyl (C=O) groups excluding carboxylic acids is 1. The quantitative estimate of drug-likeness (QED) is 0.869. The van der Waals surface area contributed by atoms with E-state index in [0.717, 1.165) is 12.2 Å². The van der Waals surface area contributed by atoms with E-state index in [0.29, 0.717) is 18.2 Å². The molecule has 1 aliphatic heterocycles. The molecule has 2 heterocycles. The van der Waals surface area contributed by atoms with E-state index >= 15 is 0 Å². The summed E-state index contributed by atoms with van der Waals surface area (Å²) in [5.41, 5.74) is 3.25. The Morgan fingerprint density at radius 2 is 2.10 bits per heavy atom. The Balaban J connectivity index is 1.88. The molecular formula is C17H20N2O2. The lowest BCUT2D eigenvalue weighted by Gasteiger charge is -2.24. The van der Waals surface area contributed by atoms with Crippen molar-refractivity contribution in [3.8, 4) is 0 Å². The molecule has 0 radical (unpaired) electrons. The van der Waals surface area contributed by atoms with Crippen molar-refractivity contribution >= 4 is 11.6 Å². The minimum atomic E-state index is -0.0149. The van der Waals surface area contributed by atoms with Gasteiger partial charge in [0.15, 0.2) is 0 Å². The van der Waals surface area contributed by atoms with E-state index in [1.54, 1.807) is 31.3 Å². The first kappa shape index (κ1) is 13.7. The van der Waals surface area contributed by atoms with Crippen LogP contribution >= 0.6 is 0 Å². The van der Waals surface area contributed by atoms with Crippen LogP contribution in [0.5, 0.6) is 0 Å². The van der Waals surface area contributed by atoms with Crippen molar-refractivity contribution in [2.75, 3.05) is 19.0 Å². The number of amides is 1. The third-order valence-electron chi connectivity index (χ3n) is 4.04. The van der Waals surface area contributed by atoms with E-state index in [2.05, 4.69) is 36.1 Å². The normalized spacial score (nSPS) is 16.9. The topological polar surface area (TPSA) is 36.7 Å². The largest absolute Gasteiger partial charge is 0.467 e. The van der Waals surface area contributed by atoms with Gasteiger partial charge in [0, 0.05) is 25.8 Å². The molecule has 0 N–H and O–H groups in total. The van der Waals surface area contributed by atoms with Gasteiger partial charge in [0.1, 0.15) is 5.76 Å². The van der Waals surface area contributed by atoms with E-state index in [-0.39, 0.29) is 5.91 Å². The Bertz CT molecular complexity index is 660. The van der Waals surface area contributed by atoms with E-state index in [1.165, 1.54) is 11.3 Å². The minimum absolute atomic E-state index is 0.0149. The summed E-state index contributed by atoms with van der Waals surface area (Å²) < 4.78 is 5.57. The van der Waals surface area contributed by atoms with Crippen LogP contribution in [0.25, 0.3) is 0 Å². The molecular weight excluding hydrogens is 264 g/mol. The van der Waals surface area contributed by atoms with Crippen molar-refractivity contribution in [3.63, 3.8) is 0 Å². The van der Waals surface area contributed by atoms with Gasteiger partial charge in [-0.05, 0) is 31.0 Å². The molecule has 0 aliphatic carbocycles. The zero-order chi connectivity index (χ0) is 15.0. The van der Waals surface area contributed by atoms with Crippen LogP contribution in [-0.4, -0.2) is 30.9 Å². The van der Waals surface area contributed by atoms with Crippen molar-refractivity contribution in [3.05, 3.63) is 53.5 Å². The predicted octanol–water partition coefficient (Wildman–Crippen LogP) is 2.93. The molecule has 0 saturated heterocycles. The molecule has 3 rings (SSSR count). The second-order valence-corrected chi connectivity index (χ2v) is 5.77. The SMILES string of the molecule is CC1Cc2ccccc2N1Cc1occc1C(=O)N(C)C. The molecule has 4 nitrogen and oxygen atoms in total. The average molecular weight is 284 g/mol. The monoisotopic (exact) mass is 284 g/mol. The van der Waals surface area contributed by atoms with Crippen LogP contribution in [0, 0.1) is 0 Å². The van der Waals surface area contributed by atoms with Crippen molar-refractivity contribution in [1.82, 2.24) is 4.90 Å². The molecule has 0 bridgehead atoms. The van der Waals surface area contributed by atoms with E-state index in [9.17, 15) is 4.79 Å². The highest BCUT2D eigenvalue weighted by Crippen LogP contribution is 2.33. The molecule has 0 fully saturated rings. The zero-order valence-electron chi connectivity index (χ0n) is 12.7. The van der Waals surface area contributed by atoms with Gasteiger partial charge in [0.25, 0.3) is 5.91 Å². The summed E-state index contributed by atoms with van der Waals surface area (Å²) >= 11 is 0. The predicted molar refractivity (Wildman–Crippen MR) is 82.5 cm³/mol. The average Bonchev–Trinajstić information content (AvgIpc) is 3.04. The van der Waals surface area contributed by atoms with Crippen LogP contribution in [-0.2, 0) is 13.0 Å². The smallest absolute Gasteiger partial charge is 0.256 e. The lowest BCUT2D eigenvalue weighted by Crippen LogP contribution is -2.30. The van der Waals surface area contributed by atoms with Crippen molar-refractivity contribution in [1.29, 1.82) is 0 Å². The molecule has 21 heavy (non-hydrogen) atoms. The maximum Gasteiger partial charge on any atom is 0.256 e. The zero-order valence-corrected chi connectivity index (χ0v) is 12.7. The Morgan fingerprint density at radius 1 is 1.33 bits per heavy atom. The maximum absolute atomic E-state index is 12.2. The van der Waals surface area contributed by atoms with Crippen LogP contribution in [0.3, 0.4) is 0 Å². The highest BCUT2D eigenvalue weighted by molar-refractivity contribution is 5.94. The van der Waals surface area contributed by atoms with Crippen LogP contribution < -0.4 is 4.90 Å². The third kappa shape index (κ3) is 2.42. The molecule has 1 aromatic heterocycles. The number of hydrogen-bond acceptors (Lipinski definition) is 3. The fourth-order valence-electron chi connectivity index (χ4n) is 2.92. The molecule has 2 aromatic rings. The fourth-order valence-corrected chi connectivity index (χ4v) is 2.92. The molecule has 1 aromatic carbocycles. The van der Waals surface area contributed by atoms with E-state index in [4.69, 9.17) is 4.42 Å². The summed E-state index contributed by atoms with van der Waals surface area (Å²) in [6, 6.07) is 10.6. The van der Waals surface area contributed by atoms with Crippen LogP contribution in [0.4, 0.5) is 5.69 Å². The Kier molecular flexibility index (Phi) is 3.45. The second-order valence-electron chi connectivity index (χ2n) is 5.77. The van der Waals surface area contributed by atoms with Crippen LogP contribution in [0.15, 0.2) is 41.0 Å². The number of fused-ring (bicyclic) bond motifs is 1. The number of nitrogens with zero attached hydrogens (tertiary/aromatic N) is 2. The van der Waals surface area contributed by atoms with Crippen LogP contribution in [0.2, 0.25) is 0 Å². The van der Waals surface area contributed by atoms with Crippen molar-refractivity contribution in [2.24, 2.45) is 0 Å². The number of benzene rings is 1. The Hall–Kier alpha value is -2.23. The van der Waals surface area contributed by atoms with Gasteiger partial charge in [0.2, 0.25) is 0 Å².